The molecule has 0 bridgehead atoms. The van der Waals surface area contributed by atoms with Crippen LogP contribution in [0.25, 0.3) is 0 Å². The molecule has 3 nitrogen and oxygen atoms in total. The number of hydrogen-bond donors (Lipinski definition) is 1. The first-order chi connectivity index (χ1) is 7.44. The van der Waals surface area contributed by atoms with Gasteiger partial charge in [0.15, 0.2) is 0 Å². The second-order valence-corrected chi connectivity index (χ2v) is 6.78. The molecule has 1 aromatic rings. The molecular weight excluding hydrogens is 244 g/mol. The first-order valence-electron chi connectivity index (χ1n) is 4.93. The number of benzene rings is 1. The summed E-state index contributed by atoms with van der Waals surface area (Å²) in [5, 5.41) is 9.92. The normalized spacial score (nSPS) is 13.7. The van der Waals surface area contributed by atoms with E-state index in [0.29, 0.717) is 0 Å². The van der Waals surface area contributed by atoms with E-state index >= 15 is 0 Å². The fourth-order valence-corrected chi connectivity index (χ4v) is 2.73. The van der Waals surface area contributed by atoms with Crippen molar-refractivity contribution in [2.45, 2.75) is 17.4 Å². The number of thioether (sulfide) groups is 1. The molecule has 0 heterocycles. The van der Waals surface area contributed by atoms with Crippen LogP contribution >= 0.6 is 11.8 Å². The highest BCUT2D eigenvalue weighted by Gasteiger charge is 2.14. The van der Waals surface area contributed by atoms with E-state index in [0.717, 1.165) is 10.5 Å². The molecule has 0 aliphatic rings. The first kappa shape index (κ1) is 13.5. The minimum Gasteiger partial charge on any atom is -0.388 e. The molecule has 0 aromatic heterocycles. The maximum absolute atomic E-state index is 11.0. The number of sulfone groups is 1. The molecule has 0 radical (unpaired) electrons. The fraction of sp³-hybridized carbons (Fsp3) is 0.455. The third-order valence-electron chi connectivity index (χ3n) is 2.26. The van der Waals surface area contributed by atoms with Crippen LogP contribution in [0.2, 0.25) is 0 Å². The Labute approximate surface area is 101 Å². The van der Waals surface area contributed by atoms with Crippen LogP contribution in [0.4, 0.5) is 0 Å². The van der Waals surface area contributed by atoms with Crippen LogP contribution in [0.15, 0.2) is 29.2 Å². The quantitative estimate of drug-likeness (QED) is 0.821. The molecule has 16 heavy (non-hydrogen) atoms. The van der Waals surface area contributed by atoms with E-state index in [9.17, 15) is 13.5 Å². The highest BCUT2D eigenvalue weighted by Crippen LogP contribution is 2.27. The molecule has 1 unspecified atom stereocenters. The van der Waals surface area contributed by atoms with Gasteiger partial charge in [-0.1, -0.05) is 18.2 Å². The van der Waals surface area contributed by atoms with Gasteiger partial charge in [-0.2, -0.15) is 0 Å². The summed E-state index contributed by atoms with van der Waals surface area (Å²) < 4.78 is 22.0. The molecule has 5 heteroatoms. The second-order valence-electron chi connectivity index (χ2n) is 3.68. The third-order valence-corrected chi connectivity index (χ3v) is 4.05. The number of aliphatic hydroxyl groups excluding tert-OH is 1. The van der Waals surface area contributed by atoms with Gasteiger partial charge >= 0.3 is 0 Å². The van der Waals surface area contributed by atoms with Gasteiger partial charge in [0.25, 0.3) is 0 Å². The highest BCUT2D eigenvalue weighted by molar-refractivity contribution is 7.98. The van der Waals surface area contributed by atoms with Gasteiger partial charge in [0, 0.05) is 11.2 Å². The Hall–Kier alpha value is -0.520. The van der Waals surface area contributed by atoms with Crippen molar-refractivity contribution < 1.29 is 13.5 Å². The van der Waals surface area contributed by atoms with E-state index in [1.54, 1.807) is 11.8 Å². The summed E-state index contributed by atoms with van der Waals surface area (Å²) in [7, 11) is -3.01. The van der Waals surface area contributed by atoms with E-state index in [1.807, 2.05) is 30.5 Å². The zero-order valence-corrected chi connectivity index (χ0v) is 11.0. The topological polar surface area (TPSA) is 54.4 Å². The highest BCUT2D eigenvalue weighted by atomic mass is 32.2. The van der Waals surface area contributed by atoms with E-state index < -0.39 is 15.9 Å². The summed E-state index contributed by atoms with van der Waals surface area (Å²) >= 11 is 1.55. The van der Waals surface area contributed by atoms with Crippen molar-refractivity contribution in [1.29, 1.82) is 0 Å². The summed E-state index contributed by atoms with van der Waals surface area (Å²) in [5.74, 6) is 0.0108. The summed E-state index contributed by atoms with van der Waals surface area (Å²) in [6.45, 7) is 0. The SMILES string of the molecule is CSc1ccccc1C(O)CCS(C)(=O)=O. The largest absolute Gasteiger partial charge is 0.388 e. The molecule has 0 amide bonds. The van der Waals surface area contributed by atoms with Gasteiger partial charge in [-0.05, 0) is 24.3 Å². The fourth-order valence-electron chi connectivity index (χ4n) is 1.42. The standard InChI is InChI=1S/C11H16O3S2/c1-15-11-6-4-3-5-9(11)10(12)7-8-16(2,13)14/h3-6,10,12H,7-8H2,1-2H3. The van der Waals surface area contributed by atoms with Crippen LogP contribution in [0.3, 0.4) is 0 Å². The van der Waals surface area contributed by atoms with Crippen molar-refractivity contribution in [3.05, 3.63) is 29.8 Å². The lowest BCUT2D eigenvalue weighted by Crippen LogP contribution is -2.09. The molecule has 0 aliphatic heterocycles. The third kappa shape index (κ3) is 4.15. The molecule has 0 saturated carbocycles. The Balaban J connectivity index is 2.76. The molecule has 1 N–H and O–H groups in total. The average Bonchev–Trinajstić information content (AvgIpc) is 2.25. The summed E-state index contributed by atoms with van der Waals surface area (Å²) in [6.07, 6.45) is 2.65. The first-order valence-corrected chi connectivity index (χ1v) is 8.21. The van der Waals surface area contributed by atoms with E-state index in [4.69, 9.17) is 0 Å². The average molecular weight is 260 g/mol. The Bertz CT molecular complexity index is 440. The van der Waals surface area contributed by atoms with Gasteiger partial charge in [-0.3, -0.25) is 0 Å². The Morgan fingerprint density at radius 2 is 2.00 bits per heavy atom. The molecular formula is C11H16O3S2. The van der Waals surface area contributed by atoms with Crippen molar-refractivity contribution in [3.8, 4) is 0 Å². The van der Waals surface area contributed by atoms with Gasteiger partial charge in [0.1, 0.15) is 9.84 Å². The predicted octanol–water partition coefficient (Wildman–Crippen LogP) is 1.88. The van der Waals surface area contributed by atoms with Gasteiger partial charge < -0.3 is 5.11 Å². The van der Waals surface area contributed by atoms with Crippen molar-refractivity contribution in [2.75, 3.05) is 18.3 Å². The number of rotatable bonds is 5. The minimum absolute atomic E-state index is 0.0108. The van der Waals surface area contributed by atoms with Crippen LogP contribution < -0.4 is 0 Å². The Morgan fingerprint density at radius 1 is 1.38 bits per heavy atom. The predicted molar refractivity (Wildman–Crippen MR) is 67.5 cm³/mol. The zero-order valence-electron chi connectivity index (χ0n) is 9.38. The van der Waals surface area contributed by atoms with Crippen LogP contribution in [-0.2, 0) is 9.84 Å². The molecule has 90 valence electrons. The van der Waals surface area contributed by atoms with Gasteiger partial charge in [-0.15, -0.1) is 11.8 Å². The van der Waals surface area contributed by atoms with Crippen LogP contribution in [0, 0.1) is 0 Å². The van der Waals surface area contributed by atoms with E-state index in [-0.39, 0.29) is 12.2 Å². The van der Waals surface area contributed by atoms with Gasteiger partial charge in [-0.25, -0.2) is 8.42 Å². The lowest BCUT2D eigenvalue weighted by molar-refractivity contribution is 0.171. The summed E-state index contributed by atoms with van der Waals surface area (Å²) in [4.78, 5) is 0.989. The van der Waals surface area contributed by atoms with Crippen molar-refractivity contribution in [3.63, 3.8) is 0 Å². The van der Waals surface area contributed by atoms with Crippen molar-refractivity contribution in [1.82, 2.24) is 0 Å². The van der Waals surface area contributed by atoms with Gasteiger partial charge in [0.2, 0.25) is 0 Å². The van der Waals surface area contributed by atoms with Crippen LogP contribution in [0.1, 0.15) is 18.1 Å². The summed E-state index contributed by atoms with van der Waals surface area (Å²) in [5.41, 5.74) is 0.804. The number of hydrogen-bond acceptors (Lipinski definition) is 4. The Kier molecular flexibility index (Phi) is 4.83. The lowest BCUT2D eigenvalue weighted by atomic mass is 10.1. The Morgan fingerprint density at radius 3 is 2.56 bits per heavy atom. The minimum atomic E-state index is -3.01. The monoisotopic (exact) mass is 260 g/mol. The van der Waals surface area contributed by atoms with E-state index in [1.165, 1.54) is 6.26 Å². The second kappa shape index (κ2) is 5.70. The smallest absolute Gasteiger partial charge is 0.147 e. The number of aliphatic hydroxyl groups is 1. The van der Waals surface area contributed by atoms with Crippen LogP contribution in [0.5, 0.6) is 0 Å². The lowest BCUT2D eigenvalue weighted by Gasteiger charge is -2.13. The molecule has 0 aliphatic carbocycles. The molecule has 1 aromatic carbocycles. The maximum atomic E-state index is 11.0. The van der Waals surface area contributed by atoms with E-state index in [2.05, 4.69) is 0 Å². The van der Waals surface area contributed by atoms with Crippen molar-refractivity contribution >= 4 is 21.6 Å². The molecule has 0 fully saturated rings. The molecule has 0 saturated heterocycles. The van der Waals surface area contributed by atoms with Gasteiger partial charge in [0.05, 0.1) is 11.9 Å². The maximum Gasteiger partial charge on any atom is 0.147 e. The van der Waals surface area contributed by atoms with Crippen molar-refractivity contribution in [2.24, 2.45) is 0 Å². The zero-order chi connectivity index (χ0) is 12.2. The van der Waals surface area contributed by atoms with Crippen LogP contribution in [-0.4, -0.2) is 31.8 Å². The molecule has 1 atom stereocenters. The molecule has 0 spiro atoms. The summed E-state index contributed by atoms with van der Waals surface area (Å²) in [6, 6.07) is 7.50. The molecule has 1 rings (SSSR count).